The first-order valence-electron chi connectivity index (χ1n) is 7.42. The molecule has 0 aromatic rings. The van der Waals surface area contributed by atoms with E-state index in [4.69, 9.17) is 29.5 Å². The molecule has 0 amide bonds. The maximum Gasteiger partial charge on any atom is 0.161 e. The normalized spacial score (nSPS) is 32.9. The van der Waals surface area contributed by atoms with Crippen LogP contribution in [0.25, 0.3) is 0 Å². The van der Waals surface area contributed by atoms with Gasteiger partial charge in [-0.25, -0.2) is 0 Å². The molecule has 0 aliphatic carbocycles. The van der Waals surface area contributed by atoms with Crippen LogP contribution in [0.1, 0.15) is 19.3 Å². The van der Waals surface area contributed by atoms with Crippen LogP contribution in [-0.2, 0) is 14.2 Å². The molecule has 2 rings (SSSR count). The van der Waals surface area contributed by atoms with E-state index in [0.29, 0.717) is 32.5 Å². The van der Waals surface area contributed by atoms with Gasteiger partial charge in [-0.05, 0) is 0 Å². The topological polar surface area (TPSA) is 129 Å². The van der Waals surface area contributed by atoms with Crippen LogP contribution in [0.4, 0.5) is 0 Å². The summed E-state index contributed by atoms with van der Waals surface area (Å²) >= 11 is 0. The Morgan fingerprint density at radius 3 is 2.09 bits per heavy atom. The highest BCUT2D eigenvalue weighted by Crippen LogP contribution is 2.23. The van der Waals surface area contributed by atoms with Gasteiger partial charge in [0.1, 0.15) is 0 Å². The van der Waals surface area contributed by atoms with Gasteiger partial charge in [0.25, 0.3) is 0 Å². The summed E-state index contributed by atoms with van der Waals surface area (Å²) in [5.74, 6) is 0. The Balaban J connectivity index is 0. The molecule has 5 atom stereocenters. The van der Waals surface area contributed by atoms with Crippen LogP contribution in [0.15, 0.2) is 13.2 Å². The molecule has 0 aromatic heterocycles. The van der Waals surface area contributed by atoms with Gasteiger partial charge in [-0.1, -0.05) is 0 Å². The van der Waals surface area contributed by atoms with E-state index in [-0.39, 0.29) is 18.8 Å². The Bertz CT molecular complexity index is 254. The second kappa shape index (κ2) is 16.3. The molecule has 2 heterocycles. The molecule has 0 saturated carbocycles. The Morgan fingerprint density at radius 1 is 0.957 bits per heavy atom. The number of hydrogen-bond acceptors (Lipinski definition) is 8. The van der Waals surface area contributed by atoms with Crippen LogP contribution in [0.2, 0.25) is 0 Å². The minimum Gasteiger partial charge on any atom is -0.400 e. The third-order valence-corrected chi connectivity index (χ3v) is 3.04. The zero-order valence-corrected chi connectivity index (χ0v) is 14.0. The molecule has 8 heteroatoms. The van der Waals surface area contributed by atoms with Crippen molar-refractivity contribution in [1.29, 1.82) is 0 Å². The van der Waals surface area contributed by atoms with Crippen molar-refractivity contribution in [1.82, 2.24) is 0 Å². The predicted octanol–water partition coefficient (Wildman–Crippen LogP) is -0.970. The van der Waals surface area contributed by atoms with Gasteiger partial charge in [-0.15, -0.1) is 13.2 Å². The monoisotopic (exact) mass is 340 g/mol. The first kappa shape index (κ1) is 24.7. The molecule has 0 radical (unpaired) electrons. The average molecular weight is 340 g/mol. The summed E-state index contributed by atoms with van der Waals surface area (Å²) in [5.41, 5.74) is 0. The van der Waals surface area contributed by atoms with Gasteiger partial charge >= 0.3 is 0 Å². The zero-order chi connectivity index (χ0) is 18.3. The van der Waals surface area contributed by atoms with E-state index in [1.807, 2.05) is 0 Å². The fourth-order valence-corrected chi connectivity index (χ4v) is 2.24. The highest BCUT2D eigenvalue weighted by molar-refractivity contribution is 4.75. The van der Waals surface area contributed by atoms with Crippen molar-refractivity contribution < 1.29 is 39.7 Å². The molecule has 2 fully saturated rings. The molecular formula is C15H32O8. The van der Waals surface area contributed by atoms with Crippen LogP contribution in [0.3, 0.4) is 0 Å². The Kier molecular flexibility index (Phi) is 17.5. The van der Waals surface area contributed by atoms with Crippen molar-refractivity contribution in [3.8, 4) is 0 Å². The number of aliphatic hydroxyl groups is 5. The van der Waals surface area contributed by atoms with Crippen LogP contribution < -0.4 is 0 Å². The summed E-state index contributed by atoms with van der Waals surface area (Å²) in [6.07, 6.45) is -0.805. The molecule has 0 spiro atoms. The molecule has 0 unspecified atom stereocenters. The van der Waals surface area contributed by atoms with E-state index in [9.17, 15) is 10.2 Å². The fourth-order valence-electron chi connectivity index (χ4n) is 2.24. The first-order valence-corrected chi connectivity index (χ1v) is 7.42. The summed E-state index contributed by atoms with van der Waals surface area (Å²) in [4.78, 5) is 0. The maximum absolute atomic E-state index is 9.61. The quantitative estimate of drug-likeness (QED) is 0.415. The summed E-state index contributed by atoms with van der Waals surface area (Å²) in [5, 5.41) is 42.1. The van der Waals surface area contributed by atoms with Crippen LogP contribution in [0, 0.1) is 0 Å². The van der Waals surface area contributed by atoms with E-state index >= 15 is 0 Å². The summed E-state index contributed by atoms with van der Waals surface area (Å²) in [6.45, 7) is 6.64. The molecular weight excluding hydrogens is 308 g/mol. The average Bonchev–Trinajstić information content (AvgIpc) is 2.60. The van der Waals surface area contributed by atoms with Gasteiger partial charge in [0.05, 0.1) is 44.2 Å². The largest absolute Gasteiger partial charge is 0.400 e. The number of aliphatic hydroxyl groups excluding tert-OH is 5. The summed E-state index contributed by atoms with van der Waals surface area (Å²) < 4.78 is 16.3. The second-order valence-electron chi connectivity index (χ2n) is 4.68. The van der Waals surface area contributed by atoms with Crippen LogP contribution in [0.5, 0.6) is 0 Å². The maximum atomic E-state index is 9.61. The smallest absolute Gasteiger partial charge is 0.161 e. The van der Waals surface area contributed by atoms with E-state index < -0.39 is 18.5 Å². The van der Waals surface area contributed by atoms with Crippen molar-refractivity contribution in [3.63, 3.8) is 0 Å². The highest BCUT2D eigenvalue weighted by Gasteiger charge is 2.32. The lowest BCUT2D eigenvalue weighted by molar-refractivity contribution is -0.254. The Hall–Kier alpha value is -0.580. The van der Waals surface area contributed by atoms with Crippen molar-refractivity contribution in [3.05, 3.63) is 13.2 Å². The molecule has 2 aliphatic heterocycles. The molecule has 2 aliphatic rings. The molecule has 140 valence electrons. The van der Waals surface area contributed by atoms with Crippen LogP contribution >= 0.6 is 0 Å². The van der Waals surface area contributed by atoms with E-state index in [1.165, 1.54) is 0 Å². The molecule has 23 heavy (non-hydrogen) atoms. The Labute approximate surface area is 137 Å². The third kappa shape index (κ3) is 10.7. The van der Waals surface area contributed by atoms with Crippen LogP contribution in [-0.4, -0.2) is 90.3 Å². The summed E-state index contributed by atoms with van der Waals surface area (Å²) in [7, 11) is 2.00. The predicted molar refractivity (Wildman–Crippen MR) is 84.8 cm³/mol. The number of hydrogen-bond donors (Lipinski definition) is 5. The van der Waals surface area contributed by atoms with Gasteiger partial charge in [0.15, 0.2) is 6.29 Å². The lowest BCUT2D eigenvalue weighted by Crippen LogP contribution is -2.43. The minimum absolute atomic E-state index is 0.124. The zero-order valence-electron chi connectivity index (χ0n) is 14.0. The lowest BCUT2D eigenvalue weighted by Gasteiger charge is -2.35. The van der Waals surface area contributed by atoms with Crippen molar-refractivity contribution in [2.75, 3.05) is 34.0 Å². The molecule has 0 bridgehead atoms. The SMILES string of the molecule is C=C.CO.CO.OC[C@H]1C[C@@H](O)C[C@@H](O[C@H]2COC[C@@H](O)C2)O1. The minimum atomic E-state index is -0.533. The van der Waals surface area contributed by atoms with E-state index in [2.05, 4.69) is 13.2 Å². The lowest BCUT2D eigenvalue weighted by atomic mass is 10.1. The van der Waals surface area contributed by atoms with Crippen molar-refractivity contribution >= 4 is 0 Å². The molecule has 5 N–H and O–H groups in total. The first-order chi connectivity index (χ1) is 11.2. The van der Waals surface area contributed by atoms with Crippen molar-refractivity contribution in [2.24, 2.45) is 0 Å². The van der Waals surface area contributed by atoms with Gasteiger partial charge < -0.3 is 39.7 Å². The van der Waals surface area contributed by atoms with Gasteiger partial charge in [-0.3, -0.25) is 0 Å². The Morgan fingerprint density at radius 2 is 1.57 bits per heavy atom. The third-order valence-electron chi connectivity index (χ3n) is 3.04. The van der Waals surface area contributed by atoms with E-state index in [1.54, 1.807) is 0 Å². The number of rotatable bonds is 3. The van der Waals surface area contributed by atoms with E-state index in [0.717, 1.165) is 14.2 Å². The fraction of sp³-hybridized carbons (Fsp3) is 0.867. The molecule has 2 saturated heterocycles. The van der Waals surface area contributed by atoms with Gasteiger partial charge in [0.2, 0.25) is 0 Å². The summed E-state index contributed by atoms with van der Waals surface area (Å²) in [6, 6.07) is 0. The van der Waals surface area contributed by atoms with Gasteiger partial charge in [-0.2, -0.15) is 0 Å². The van der Waals surface area contributed by atoms with Crippen molar-refractivity contribution in [2.45, 2.75) is 50.0 Å². The van der Waals surface area contributed by atoms with Gasteiger partial charge in [0, 0.05) is 33.5 Å². The second-order valence-corrected chi connectivity index (χ2v) is 4.68. The molecule has 0 aromatic carbocycles. The number of ether oxygens (including phenoxy) is 3. The highest BCUT2D eigenvalue weighted by atomic mass is 16.7. The standard InChI is InChI=1S/C11H20O6.C2H4.2CH4O/c12-4-9-1-7(13)3-11(16-9)17-10-2-8(14)5-15-6-10;3*1-2/h7-14H,1-6H2;1-2H2;2*2H,1H3/t7-,8+,9-,10-,11-;;;/m1.../s1. The molecule has 8 nitrogen and oxygen atoms in total.